The lowest BCUT2D eigenvalue weighted by Gasteiger charge is -2.18. The van der Waals surface area contributed by atoms with E-state index in [1.807, 2.05) is 24.5 Å². The van der Waals surface area contributed by atoms with Crippen molar-refractivity contribution >= 4 is 43.6 Å². The van der Waals surface area contributed by atoms with E-state index in [2.05, 4.69) is 103 Å². The number of aromatic nitrogens is 4. The zero-order chi connectivity index (χ0) is 28.8. The number of rotatable bonds is 6. The molecule has 0 aliphatic rings. The molecular formula is C38H26N4. The Morgan fingerprint density at radius 1 is 0.476 bits per heavy atom. The van der Waals surface area contributed by atoms with Crippen molar-refractivity contribution in [2.45, 2.75) is 26.2 Å². The van der Waals surface area contributed by atoms with Crippen molar-refractivity contribution in [3.8, 4) is 71.9 Å². The van der Waals surface area contributed by atoms with E-state index in [0.717, 1.165) is 66.1 Å². The number of para-hydroxylation sites is 2. The fraction of sp³-hybridized carbons (Fsp3) is 0.105. The lowest BCUT2D eigenvalue weighted by molar-refractivity contribution is 0.857. The fourth-order valence-electron chi connectivity index (χ4n) is 6.63. The zero-order valence-corrected chi connectivity index (χ0v) is 23.0. The van der Waals surface area contributed by atoms with Gasteiger partial charge in [0, 0.05) is 45.1 Å². The van der Waals surface area contributed by atoms with Gasteiger partial charge in [0.15, 0.2) is 0 Å². The molecule has 4 aromatic heterocycles. The summed E-state index contributed by atoms with van der Waals surface area (Å²) < 4.78 is 8.77. The van der Waals surface area contributed by atoms with Gasteiger partial charge in [-0.25, -0.2) is 0 Å². The van der Waals surface area contributed by atoms with Crippen molar-refractivity contribution in [2.24, 2.45) is 0 Å². The van der Waals surface area contributed by atoms with Crippen molar-refractivity contribution in [1.82, 2.24) is 18.3 Å². The topological polar surface area (TPSA) is 19.7 Å². The molecule has 0 spiro atoms. The lowest BCUT2D eigenvalue weighted by atomic mass is 9.93. The minimum absolute atomic E-state index is 0.409. The summed E-state index contributed by atoms with van der Waals surface area (Å²) in [6.07, 6.45) is 27.8. The fourth-order valence-corrected chi connectivity index (χ4v) is 6.63. The number of hydrogen-bond acceptors (Lipinski definition) is 0. The summed E-state index contributed by atoms with van der Waals surface area (Å²) >= 11 is 0. The molecule has 0 radical (unpaired) electrons. The van der Waals surface area contributed by atoms with Crippen molar-refractivity contribution in [3.63, 3.8) is 0 Å². The predicted octanol–water partition coefficient (Wildman–Crippen LogP) is 7.37. The molecule has 7 aromatic rings. The molecule has 0 amide bonds. The Hall–Kier alpha value is -5.94. The maximum Gasteiger partial charge on any atom is 0.0841 e. The molecule has 0 aliphatic carbocycles. The van der Waals surface area contributed by atoms with Gasteiger partial charge in [0.25, 0.3) is 0 Å². The third-order valence-electron chi connectivity index (χ3n) is 8.11. The van der Waals surface area contributed by atoms with Crippen LogP contribution in [0.2, 0.25) is 0 Å². The highest BCUT2D eigenvalue weighted by molar-refractivity contribution is 6.32. The molecule has 4 heterocycles. The maximum atomic E-state index is 6.04. The number of fused-ring (bicyclic) bond motifs is 6. The van der Waals surface area contributed by atoms with Crippen molar-refractivity contribution in [2.75, 3.05) is 0 Å². The molecule has 4 nitrogen and oxygen atoms in total. The summed E-state index contributed by atoms with van der Waals surface area (Å²) in [7, 11) is 0. The Bertz CT molecular complexity index is 2180. The molecule has 0 bridgehead atoms. The summed E-state index contributed by atoms with van der Waals surface area (Å²) in [6.45, 7) is 1.70. The SMILES string of the molecule is C#CCn1cccc1-c1c2c3ccccc3n(CC#C)c2c(-c2cccn2CC#C)c2c3ccccc3n(CC#C)c12. The van der Waals surface area contributed by atoms with E-state index in [1.54, 1.807) is 0 Å². The van der Waals surface area contributed by atoms with Gasteiger partial charge >= 0.3 is 0 Å². The monoisotopic (exact) mass is 538 g/mol. The molecule has 0 fully saturated rings. The van der Waals surface area contributed by atoms with E-state index in [0.29, 0.717) is 26.2 Å². The largest absolute Gasteiger partial charge is 0.336 e. The molecule has 0 saturated carbocycles. The first-order valence-electron chi connectivity index (χ1n) is 13.8. The van der Waals surface area contributed by atoms with Gasteiger partial charge in [-0.3, -0.25) is 0 Å². The quantitative estimate of drug-likeness (QED) is 0.197. The summed E-state index contributed by atoms with van der Waals surface area (Å²) in [5, 5.41) is 4.44. The minimum Gasteiger partial charge on any atom is -0.336 e. The van der Waals surface area contributed by atoms with Gasteiger partial charge in [0.1, 0.15) is 0 Å². The van der Waals surface area contributed by atoms with Crippen LogP contribution in [-0.2, 0) is 26.2 Å². The number of benzene rings is 3. The number of hydrogen-bond donors (Lipinski definition) is 0. The molecule has 198 valence electrons. The molecule has 0 N–H and O–H groups in total. The van der Waals surface area contributed by atoms with Crippen LogP contribution < -0.4 is 0 Å². The maximum absolute atomic E-state index is 6.04. The van der Waals surface area contributed by atoms with Crippen LogP contribution in [0.4, 0.5) is 0 Å². The Kier molecular flexibility index (Phi) is 5.91. The lowest BCUT2D eigenvalue weighted by Crippen LogP contribution is -2.04. The first-order valence-corrected chi connectivity index (χ1v) is 13.8. The van der Waals surface area contributed by atoms with Gasteiger partial charge in [-0.15, -0.1) is 25.7 Å². The van der Waals surface area contributed by atoms with Crippen LogP contribution >= 0.6 is 0 Å². The van der Waals surface area contributed by atoms with Crippen LogP contribution in [0, 0.1) is 49.4 Å². The van der Waals surface area contributed by atoms with E-state index in [4.69, 9.17) is 25.7 Å². The average Bonchev–Trinajstić information content (AvgIpc) is 3.79. The highest BCUT2D eigenvalue weighted by Crippen LogP contribution is 2.50. The number of nitrogens with zero attached hydrogens (tertiary/aromatic N) is 4. The van der Waals surface area contributed by atoms with E-state index >= 15 is 0 Å². The van der Waals surface area contributed by atoms with E-state index in [9.17, 15) is 0 Å². The highest BCUT2D eigenvalue weighted by atomic mass is 15.0. The third kappa shape index (κ3) is 3.44. The highest BCUT2D eigenvalue weighted by Gasteiger charge is 2.29. The van der Waals surface area contributed by atoms with Crippen LogP contribution in [0.3, 0.4) is 0 Å². The summed E-state index contributed by atoms with van der Waals surface area (Å²) in [4.78, 5) is 0. The standard InChI is InChI=1S/C38H26N4/c1-5-21-39-25-13-19-31(39)35-33-27-15-9-11-17-29(27)42(24-8-4)38(33)36(32-20-14-26-40(32)22-6-2)34-28-16-10-12-18-30(28)41(23-7-3)37(34)35/h1-4,9-20,25-26H,21-24H2. The summed E-state index contributed by atoms with van der Waals surface area (Å²) in [5.74, 6) is 11.5. The van der Waals surface area contributed by atoms with E-state index in [1.165, 1.54) is 0 Å². The Balaban J connectivity index is 1.88. The molecule has 0 aliphatic heterocycles. The molecular weight excluding hydrogens is 512 g/mol. The second kappa shape index (κ2) is 9.91. The van der Waals surface area contributed by atoms with Crippen LogP contribution in [0.5, 0.6) is 0 Å². The van der Waals surface area contributed by atoms with Crippen LogP contribution in [0.25, 0.3) is 66.1 Å². The van der Waals surface area contributed by atoms with Crippen molar-refractivity contribution in [3.05, 3.63) is 85.2 Å². The second-order valence-corrected chi connectivity index (χ2v) is 10.3. The summed E-state index contributed by atoms with van der Waals surface area (Å²) in [5.41, 5.74) is 8.47. The van der Waals surface area contributed by atoms with E-state index < -0.39 is 0 Å². The van der Waals surface area contributed by atoms with Gasteiger partial charge in [0.05, 0.1) is 59.6 Å². The average molecular weight is 539 g/mol. The zero-order valence-electron chi connectivity index (χ0n) is 23.0. The van der Waals surface area contributed by atoms with Gasteiger partial charge in [0.2, 0.25) is 0 Å². The molecule has 3 aromatic carbocycles. The summed E-state index contributed by atoms with van der Waals surface area (Å²) in [6, 6.07) is 25.3. The third-order valence-corrected chi connectivity index (χ3v) is 8.11. The van der Waals surface area contributed by atoms with Gasteiger partial charge in [-0.2, -0.15) is 0 Å². The van der Waals surface area contributed by atoms with Gasteiger partial charge < -0.3 is 18.3 Å². The van der Waals surface area contributed by atoms with Gasteiger partial charge in [-0.05, 0) is 36.4 Å². The smallest absolute Gasteiger partial charge is 0.0841 e. The van der Waals surface area contributed by atoms with Crippen LogP contribution in [-0.4, -0.2) is 18.3 Å². The molecule has 7 rings (SSSR count). The Morgan fingerprint density at radius 2 is 0.881 bits per heavy atom. The Labute approximate surface area is 244 Å². The first-order chi connectivity index (χ1) is 20.7. The molecule has 0 saturated heterocycles. The molecule has 0 atom stereocenters. The normalized spacial score (nSPS) is 11.1. The molecule has 42 heavy (non-hydrogen) atoms. The minimum atomic E-state index is 0.409. The van der Waals surface area contributed by atoms with Gasteiger partial charge in [-0.1, -0.05) is 60.1 Å². The molecule has 0 unspecified atom stereocenters. The van der Waals surface area contributed by atoms with Crippen molar-refractivity contribution in [1.29, 1.82) is 0 Å². The molecule has 4 heteroatoms. The Morgan fingerprint density at radius 3 is 1.29 bits per heavy atom. The van der Waals surface area contributed by atoms with Crippen LogP contribution in [0.15, 0.2) is 85.2 Å². The van der Waals surface area contributed by atoms with Crippen LogP contribution in [0.1, 0.15) is 0 Å². The van der Waals surface area contributed by atoms with Crippen molar-refractivity contribution < 1.29 is 0 Å². The first kappa shape index (κ1) is 25.1. The van der Waals surface area contributed by atoms with E-state index in [-0.39, 0.29) is 0 Å². The number of terminal acetylenes is 4. The predicted molar refractivity (Wildman–Crippen MR) is 175 cm³/mol. The second-order valence-electron chi connectivity index (χ2n) is 10.3.